The highest BCUT2D eigenvalue weighted by atomic mass is 16.2. The summed E-state index contributed by atoms with van der Waals surface area (Å²) in [7, 11) is 0. The lowest BCUT2D eigenvalue weighted by Gasteiger charge is -2.21. The van der Waals surface area contributed by atoms with Crippen molar-refractivity contribution in [2.45, 2.75) is 71.9 Å². The molecule has 2 N–H and O–H groups in total. The van der Waals surface area contributed by atoms with Crippen molar-refractivity contribution in [3.8, 4) is 0 Å². The first-order valence-electron chi connectivity index (χ1n) is 7.58. The molecule has 0 aliphatic heterocycles. The fourth-order valence-electron chi connectivity index (χ4n) is 2.82. The highest BCUT2D eigenvalue weighted by molar-refractivity contribution is 5.81. The molecule has 0 bridgehead atoms. The Morgan fingerprint density at radius 2 is 2.06 bits per heavy atom. The maximum atomic E-state index is 11.9. The second kappa shape index (κ2) is 7.78. The molecule has 18 heavy (non-hydrogen) atoms. The lowest BCUT2D eigenvalue weighted by Crippen LogP contribution is -2.46. The molecule has 3 nitrogen and oxygen atoms in total. The maximum Gasteiger partial charge on any atom is 0.237 e. The van der Waals surface area contributed by atoms with Crippen LogP contribution in [0.15, 0.2) is 0 Å². The fourth-order valence-corrected chi connectivity index (χ4v) is 2.82. The minimum absolute atomic E-state index is 0.0721. The summed E-state index contributed by atoms with van der Waals surface area (Å²) < 4.78 is 0. The highest BCUT2D eigenvalue weighted by Gasteiger charge is 2.24. The van der Waals surface area contributed by atoms with Gasteiger partial charge in [-0.1, -0.05) is 33.1 Å². The number of amides is 1. The van der Waals surface area contributed by atoms with Gasteiger partial charge in [-0.3, -0.25) is 4.79 Å². The van der Waals surface area contributed by atoms with E-state index in [-0.39, 0.29) is 18.0 Å². The summed E-state index contributed by atoms with van der Waals surface area (Å²) in [4.78, 5) is 11.9. The zero-order chi connectivity index (χ0) is 13.5. The zero-order valence-electron chi connectivity index (χ0n) is 12.5. The summed E-state index contributed by atoms with van der Waals surface area (Å²) in [5.41, 5.74) is 0. The third-order valence-electron chi connectivity index (χ3n) is 4.23. The van der Waals surface area contributed by atoms with Crippen LogP contribution in [-0.4, -0.2) is 24.5 Å². The third kappa shape index (κ3) is 4.97. The molecule has 0 aromatic rings. The van der Waals surface area contributed by atoms with E-state index in [9.17, 15) is 4.79 Å². The lowest BCUT2D eigenvalue weighted by atomic mass is 9.98. The van der Waals surface area contributed by atoms with Crippen LogP contribution in [0.4, 0.5) is 0 Å². The number of carbonyl (C=O) groups is 1. The van der Waals surface area contributed by atoms with Crippen molar-refractivity contribution in [2.24, 2.45) is 11.8 Å². The number of hydrogen-bond donors (Lipinski definition) is 2. The van der Waals surface area contributed by atoms with Crippen LogP contribution in [0.5, 0.6) is 0 Å². The quantitative estimate of drug-likeness (QED) is 0.733. The van der Waals surface area contributed by atoms with E-state index >= 15 is 0 Å². The Kier molecular flexibility index (Phi) is 6.69. The molecule has 4 unspecified atom stereocenters. The lowest BCUT2D eigenvalue weighted by molar-refractivity contribution is -0.123. The van der Waals surface area contributed by atoms with Crippen LogP contribution in [-0.2, 0) is 4.79 Å². The molecule has 3 heteroatoms. The predicted octanol–water partition coefficient (Wildman–Crippen LogP) is 2.71. The first-order chi connectivity index (χ1) is 8.54. The summed E-state index contributed by atoms with van der Waals surface area (Å²) in [5.74, 6) is 1.71. The van der Waals surface area contributed by atoms with Crippen molar-refractivity contribution in [3.63, 3.8) is 0 Å². The molecular formula is C15H30N2O. The monoisotopic (exact) mass is 254 g/mol. The predicted molar refractivity (Wildman–Crippen MR) is 76.5 cm³/mol. The molecule has 1 aliphatic carbocycles. The van der Waals surface area contributed by atoms with Crippen LogP contribution in [0.25, 0.3) is 0 Å². The van der Waals surface area contributed by atoms with Crippen molar-refractivity contribution in [1.29, 1.82) is 0 Å². The molecular weight excluding hydrogens is 224 g/mol. The standard InChI is InChI=1S/C15H30N2O/c1-5-7-12(3)17-15(18)13(4)16-10-14-9-6-8-11(14)2/h11-14,16H,5-10H2,1-4H3,(H,17,18). The molecule has 1 fully saturated rings. The van der Waals surface area contributed by atoms with Crippen LogP contribution < -0.4 is 10.6 Å². The Hall–Kier alpha value is -0.570. The van der Waals surface area contributed by atoms with E-state index in [0.29, 0.717) is 0 Å². The largest absolute Gasteiger partial charge is 0.352 e. The number of carbonyl (C=O) groups excluding carboxylic acids is 1. The molecule has 0 aromatic heterocycles. The fraction of sp³-hybridized carbons (Fsp3) is 0.933. The summed E-state index contributed by atoms with van der Waals surface area (Å²) in [6.45, 7) is 9.50. The third-order valence-corrected chi connectivity index (χ3v) is 4.23. The van der Waals surface area contributed by atoms with Gasteiger partial charge >= 0.3 is 0 Å². The van der Waals surface area contributed by atoms with Crippen molar-refractivity contribution in [3.05, 3.63) is 0 Å². The first-order valence-corrected chi connectivity index (χ1v) is 7.58. The molecule has 0 spiro atoms. The van der Waals surface area contributed by atoms with E-state index in [1.165, 1.54) is 19.3 Å². The molecule has 0 saturated heterocycles. The Morgan fingerprint density at radius 1 is 1.33 bits per heavy atom. The van der Waals surface area contributed by atoms with Crippen LogP contribution >= 0.6 is 0 Å². The van der Waals surface area contributed by atoms with Gasteiger partial charge in [0.1, 0.15) is 0 Å². The van der Waals surface area contributed by atoms with E-state index < -0.39 is 0 Å². The highest BCUT2D eigenvalue weighted by Crippen LogP contribution is 2.30. The summed E-state index contributed by atoms with van der Waals surface area (Å²) in [5, 5.41) is 6.46. The van der Waals surface area contributed by atoms with Gasteiger partial charge in [0.15, 0.2) is 0 Å². The molecule has 1 saturated carbocycles. The summed E-state index contributed by atoms with van der Waals surface area (Å²) >= 11 is 0. The van der Waals surface area contributed by atoms with Crippen molar-refractivity contribution >= 4 is 5.91 Å². The second-order valence-electron chi connectivity index (χ2n) is 6.00. The van der Waals surface area contributed by atoms with Gasteiger partial charge in [-0.2, -0.15) is 0 Å². The van der Waals surface area contributed by atoms with Crippen LogP contribution in [0.3, 0.4) is 0 Å². The van der Waals surface area contributed by atoms with Gasteiger partial charge < -0.3 is 10.6 Å². The van der Waals surface area contributed by atoms with Gasteiger partial charge in [-0.15, -0.1) is 0 Å². The number of rotatable bonds is 7. The second-order valence-corrected chi connectivity index (χ2v) is 6.00. The van der Waals surface area contributed by atoms with Gasteiger partial charge in [0.2, 0.25) is 5.91 Å². The Bertz CT molecular complexity index is 255. The molecule has 4 atom stereocenters. The van der Waals surface area contributed by atoms with Gasteiger partial charge in [0.05, 0.1) is 6.04 Å². The van der Waals surface area contributed by atoms with E-state index in [1.807, 2.05) is 6.92 Å². The SMILES string of the molecule is CCCC(C)NC(=O)C(C)NCC1CCCC1C. The van der Waals surface area contributed by atoms with Gasteiger partial charge in [-0.05, 0) is 45.1 Å². The Labute approximate surface area is 112 Å². The zero-order valence-corrected chi connectivity index (χ0v) is 12.5. The normalized spacial score (nSPS) is 26.9. The van der Waals surface area contributed by atoms with Crippen LogP contribution in [0.1, 0.15) is 59.8 Å². The molecule has 1 amide bonds. The minimum Gasteiger partial charge on any atom is -0.352 e. The van der Waals surface area contributed by atoms with Gasteiger partial charge in [0.25, 0.3) is 0 Å². The van der Waals surface area contributed by atoms with Gasteiger partial charge in [-0.25, -0.2) is 0 Å². The summed E-state index contributed by atoms with van der Waals surface area (Å²) in [6, 6.07) is 0.217. The first kappa shape index (κ1) is 15.5. The number of nitrogens with one attached hydrogen (secondary N) is 2. The Balaban J connectivity index is 2.22. The van der Waals surface area contributed by atoms with E-state index in [4.69, 9.17) is 0 Å². The molecule has 0 radical (unpaired) electrons. The van der Waals surface area contributed by atoms with Crippen molar-refractivity contribution in [1.82, 2.24) is 10.6 Å². The topological polar surface area (TPSA) is 41.1 Å². The molecule has 1 rings (SSSR count). The molecule has 106 valence electrons. The number of hydrogen-bond acceptors (Lipinski definition) is 2. The molecule has 0 heterocycles. The average molecular weight is 254 g/mol. The van der Waals surface area contributed by atoms with E-state index in [0.717, 1.165) is 31.2 Å². The summed E-state index contributed by atoms with van der Waals surface area (Å²) in [6.07, 6.45) is 6.18. The Morgan fingerprint density at radius 3 is 2.61 bits per heavy atom. The maximum absolute atomic E-state index is 11.9. The smallest absolute Gasteiger partial charge is 0.237 e. The molecule has 1 aliphatic rings. The minimum atomic E-state index is -0.0721. The van der Waals surface area contributed by atoms with Crippen molar-refractivity contribution < 1.29 is 4.79 Å². The van der Waals surface area contributed by atoms with Crippen LogP contribution in [0.2, 0.25) is 0 Å². The average Bonchev–Trinajstić information content (AvgIpc) is 2.72. The van der Waals surface area contributed by atoms with Gasteiger partial charge in [0, 0.05) is 6.04 Å². The van der Waals surface area contributed by atoms with E-state index in [2.05, 4.69) is 31.4 Å². The van der Waals surface area contributed by atoms with Crippen LogP contribution in [0, 0.1) is 11.8 Å². The van der Waals surface area contributed by atoms with Crippen molar-refractivity contribution in [2.75, 3.05) is 6.54 Å². The molecule has 0 aromatic carbocycles. The van der Waals surface area contributed by atoms with E-state index in [1.54, 1.807) is 0 Å².